The number of nitrogens with two attached hydrogens (primary N) is 1. The number of benzene rings is 1. The van der Waals surface area contributed by atoms with Crippen molar-refractivity contribution in [1.82, 2.24) is 0 Å². The molecule has 7 heteroatoms. The highest BCUT2D eigenvalue weighted by molar-refractivity contribution is 7.92. The Morgan fingerprint density at radius 1 is 1.23 bits per heavy atom. The third-order valence-electron chi connectivity index (χ3n) is 4.72. The number of fused-ring (bicyclic) bond motifs is 2. The van der Waals surface area contributed by atoms with Gasteiger partial charge in [0, 0.05) is 11.7 Å². The Morgan fingerprint density at radius 2 is 1.91 bits per heavy atom. The van der Waals surface area contributed by atoms with E-state index < -0.39 is 10.0 Å². The van der Waals surface area contributed by atoms with Crippen molar-refractivity contribution in [2.45, 2.75) is 25.3 Å². The smallest absolute Gasteiger partial charge is 0.229 e. The fourth-order valence-corrected chi connectivity index (χ4v) is 4.38. The van der Waals surface area contributed by atoms with E-state index in [1.165, 1.54) is 0 Å². The van der Waals surface area contributed by atoms with Crippen molar-refractivity contribution >= 4 is 27.3 Å². The molecule has 4 N–H and O–H groups in total. The topological polar surface area (TPSA) is 101 Å². The molecule has 1 amide bonds. The predicted octanol–water partition coefficient (Wildman–Crippen LogP) is 1.37. The van der Waals surface area contributed by atoms with Gasteiger partial charge in [-0.1, -0.05) is 6.07 Å². The first-order valence-electron chi connectivity index (χ1n) is 7.48. The van der Waals surface area contributed by atoms with Crippen molar-refractivity contribution in [3.8, 4) is 0 Å². The zero-order valence-electron chi connectivity index (χ0n) is 12.5. The summed E-state index contributed by atoms with van der Waals surface area (Å²) in [4.78, 5) is 12.5. The number of carbonyl (C=O) groups is 1. The molecule has 2 bridgehead atoms. The van der Waals surface area contributed by atoms with Crippen LogP contribution in [-0.4, -0.2) is 26.6 Å². The number of hydrogen-bond donors (Lipinski definition) is 3. The van der Waals surface area contributed by atoms with E-state index in [-0.39, 0.29) is 17.9 Å². The molecule has 0 spiro atoms. The Balaban J connectivity index is 1.71. The van der Waals surface area contributed by atoms with E-state index in [1.54, 1.807) is 24.3 Å². The maximum absolute atomic E-state index is 12.5. The summed E-state index contributed by atoms with van der Waals surface area (Å²) in [6.07, 6.45) is 4.34. The van der Waals surface area contributed by atoms with Gasteiger partial charge in [0.2, 0.25) is 15.9 Å². The number of hydrogen-bond acceptors (Lipinski definition) is 4. The molecule has 0 heterocycles. The fraction of sp³-hybridized carbons (Fsp3) is 0.533. The number of amides is 1. The summed E-state index contributed by atoms with van der Waals surface area (Å²) < 4.78 is 24.9. The lowest BCUT2D eigenvalue weighted by Crippen LogP contribution is -2.42. The van der Waals surface area contributed by atoms with E-state index in [4.69, 9.17) is 5.73 Å². The van der Waals surface area contributed by atoms with Gasteiger partial charge in [-0.15, -0.1) is 0 Å². The van der Waals surface area contributed by atoms with Gasteiger partial charge < -0.3 is 11.1 Å². The third kappa shape index (κ3) is 3.10. The van der Waals surface area contributed by atoms with Gasteiger partial charge in [0.1, 0.15) is 0 Å². The Kier molecular flexibility index (Phi) is 3.86. The van der Waals surface area contributed by atoms with Gasteiger partial charge in [-0.05, 0) is 49.3 Å². The van der Waals surface area contributed by atoms with Crippen molar-refractivity contribution in [1.29, 1.82) is 0 Å². The summed E-state index contributed by atoms with van der Waals surface area (Å²) in [5.41, 5.74) is 7.19. The Hall–Kier alpha value is -1.60. The number of carbonyl (C=O) groups excluding carboxylic acids is 1. The van der Waals surface area contributed by atoms with Crippen LogP contribution < -0.4 is 15.8 Å². The van der Waals surface area contributed by atoms with Crippen molar-refractivity contribution in [3.63, 3.8) is 0 Å². The predicted molar refractivity (Wildman–Crippen MR) is 85.8 cm³/mol. The molecule has 22 heavy (non-hydrogen) atoms. The largest absolute Gasteiger partial charge is 0.327 e. The first kappa shape index (κ1) is 15.3. The molecule has 1 aromatic rings. The molecule has 4 unspecified atom stereocenters. The second-order valence-corrected chi connectivity index (χ2v) is 8.13. The summed E-state index contributed by atoms with van der Waals surface area (Å²) in [5.74, 6) is 0.665. The summed E-state index contributed by atoms with van der Waals surface area (Å²) in [6.45, 7) is 0. The van der Waals surface area contributed by atoms with Crippen LogP contribution in [0.4, 0.5) is 11.4 Å². The van der Waals surface area contributed by atoms with E-state index in [1.807, 2.05) is 0 Å². The van der Waals surface area contributed by atoms with Gasteiger partial charge in [-0.2, -0.15) is 0 Å². The number of rotatable bonds is 4. The Morgan fingerprint density at radius 3 is 2.55 bits per heavy atom. The van der Waals surface area contributed by atoms with E-state index in [9.17, 15) is 13.2 Å². The van der Waals surface area contributed by atoms with Crippen molar-refractivity contribution in [2.75, 3.05) is 16.3 Å². The lowest BCUT2D eigenvalue weighted by atomic mass is 9.84. The Bertz CT molecular complexity index is 687. The molecule has 1 aromatic carbocycles. The second-order valence-electron chi connectivity index (χ2n) is 6.38. The van der Waals surface area contributed by atoms with Gasteiger partial charge in [-0.3, -0.25) is 9.52 Å². The average molecular weight is 323 g/mol. The molecule has 0 aromatic heterocycles. The molecular formula is C15H21N3O3S. The Labute approximate surface area is 130 Å². The minimum absolute atomic E-state index is 0.0591. The summed E-state index contributed by atoms with van der Waals surface area (Å²) in [5, 5.41) is 2.87. The van der Waals surface area contributed by atoms with Crippen LogP contribution in [0.25, 0.3) is 0 Å². The van der Waals surface area contributed by atoms with Gasteiger partial charge in [0.15, 0.2) is 0 Å². The first-order chi connectivity index (χ1) is 10.3. The van der Waals surface area contributed by atoms with Gasteiger partial charge >= 0.3 is 0 Å². The molecule has 120 valence electrons. The van der Waals surface area contributed by atoms with Crippen LogP contribution in [0, 0.1) is 17.8 Å². The van der Waals surface area contributed by atoms with Crippen molar-refractivity contribution < 1.29 is 13.2 Å². The molecule has 2 aliphatic carbocycles. The normalized spacial score (nSPS) is 30.3. The van der Waals surface area contributed by atoms with Crippen LogP contribution >= 0.6 is 0 Å². The van der Waals surface area contributed by atoms with E-state index in [0.29, 0.717) is 23.2 Å². The summed E-state index contributed by atoms with van der Waals surface area (Å²) >= 11 is 0. The first-order valence-corrected chi connectivity index (χ1v) is 9.37. The molecule has 0 aliphatic heterocycles. The molecule has 4 atom stereocenters. The molecular weight excluding hydrogens is 302 g/mol. The molecule has 6 nitrogen and oxygen atoms in total. The number of anilines is 2. The molecule has 2 fully saturated rings. The highest BCUT2D eigenvalue weighted by Crippen LogP contribution is 2.47. The second kappa shape index (κ2) is 5.55. The minimum Gasteiger partial charge on any atom is -0.327 e. The van der Waals surface area contributed by atoms with Gasteiger partial charge in [0.05, 0.1) is 17.9 Å². The maximum Gasteiger partial charge on any atom is 0.229 e. The quantitative estimate of drug-likeness (QED) is 0.779. The highest BCUT2D eigenvalue weighted by Gasteiger charge is 2.49. The van der Waals surface area contributed by atoms with Crippen LogP contribution in [0.1, 0.15) is 19.3 Å². The van der Waals surface area contributed by atoms with E-state index in [0.717, 1.165) is 25.5 Å². The minimum atomic E-state index is -3.34. The summed E-state index contributed by atoms with van der Waals surface area (Å²) in [6, 6.07) is 6.63. The standard InChI is InChI=1S/C15H21N3O3S/c1-22(20,21)18-12-4-2-3-11(8-12)17-15(19)13-9-5-6-10(7-9)14(13)16/h2-4,8-10,13-14,18H,5-7,16H2,1H3,(H,17,19). The van der Waals surface area contributed by atoms with Crippen molar-refractivity contribution in [3.05, 3.63) is 24.3 Å². The van der Waals surface area contributed by atoms with Gasteiger partial charge in [-0.25, -0.2) is 8.42 Å². The maximum atomic E-state index is 12.5. The zero-order chi connectivity index (χ0) is 15.9. The lowest BCUT2D eigenvalue weighted by Gasteiger charge is -2.27. The van der Waals surface area contributed by atoms with Crippen LogP contribution in [0.5, 0.6) is 0 Å². The molecule has 0 saturated heterocycles. The van der Waals surface area contributed by atoms with Crippen LogP contribution in [0.2, 0.25) is 0 Å². The summed E-state index contributed by atoms with van der Waals surface area (Å²) in [7, 11) is -3.34. The zero-order valence-corrected chi connectivity index (χ0v) is 13.3. The van der Waals surface area contributed by atoms with Crippen molar-refractivity contribution in [2.24, 2.45) is 23.5 Å². The molecule has 0 radical (unpaired) electrons. The molecule has 2 saturated carbocycles. The lowest BCUT2D eigenvalue weighted by molar-refractivity contribution is -0.121. The SMILES string of the molecule is CS(=O)(=O)Nc1cccc(NC(=O)C2C3CCC(C3)C2N)c1. The van der Waals surface area contributed by atoms with E-state index >= 15 is 0 Å². The van der Waals surface area contributed by atoms with E-state index in [2.05, 4.69) is 10.0 Å². The molecule has 2 aliphatic rings. The third-order valence-corrected chi connectivity index (χ3v) is 5.32. The van der Waals surface area contributed by atoms with Gasteiger partial charge in [0.25, 0.3) is 0 Å². The monoisotopic (exact) mass is 323 g/mol. The van der Waals surface area contributed by atoms with Crippen LogP contribution in [0.15, 0.2) is 24.3 Å². The van der Waals surface area contributed by atoms with Crippen LogP contribution in [-0.2, 0) is 14.8 Å². The highest BCUT2D eigenvalue weighted by atomic mass is 32.2. The number of sulfonamides is 1. The van der Waals surface area contributed by atoms with Crippen LogP contribution in [0.3, 0.4) is 0 Å². The fourth-order valence-electron chi connectivity index (χ4n) is 3.82. The molecule has 3 rings (SSSR count). The average Bonchev–Trinajstić information content (AvgIpc) is 2.97. The number of nitrogens with one attached hydrogen (secondary N) is 2.